The molecular weight excluding hydrogens is 725 g/mol. The molecule has 2 heterocycles. The van der Waals surface area contributed by atoms with Crippen LogP contribution >= 0.6 is 0 Å². The van der Waals surface area contributed by atoms with Crippen LogP contribution in [0.15, 0.2) is 79.4 Å². The van der Waals surface area contributed by atoms with Gasteiger partial charge < -0.3 is 10.5 Å². The zero-order valence-corrected chi connectivity index (χ0v) is 36.5. The molecule has 0 radical (unpaired) electrons. The average Bonchev–Trinajstić information content (AvgIpc) is 3.27. The van der Waals surface area contributed by atoms with E-state index in [1.807, 2.05) is 18.2 Å². The van der Waals surface area contributed by atoms with Crippen molar-refractivity contribution in [2.24, 2.45) is 5.73 Å². The lowest BCUT2D eigenvalue weighted by Crippen LogP contribution is -2.23. The largest absolute Gasteiger partial charge is 0.461 e. The third-order valence-corrected chi connectivity index (χ3v) is 10.7. The van der Waals surface area contributed by atoms with Gasteiger partial charge in [-0.2, -0.15) is 0 Å². The number of nitrogens with two attached hydrogens (primary N) is 1. The summed E-state index contributed by atoms with van der Waals surface area (Å²) in [5.41, 5.74) is 15.4. The fourth-order valence-electron chi connectivity index (χ4n) is 6.95. The highest BCUT2D eigenvalue weighted by molar-refractivity contribution is 5.87. The Bertz CT molecular complexity index is 2010. The van der Waals surface area contributed by atoms with Crippen LogP contribution in [0.4, 0.5) is 0 Å². The number of aryl methyl sites for hydroxylation is 2. The highest BCUT2D eigenvalue weighted by atomic mass is 16.5. The third-order valence-electron chi connectivity index (χ3n) is 10.7. The van der Waals surface area contributed by atoms with Crippen molar-refractivity contribution in [2.75, 3.05) is 19.7 Å². The molecule has 2 N–H and O–H groups in total. The Morgan fingerprint density at radius 1 is 0.610 bits per heavy atom. The van der Waals surface area contributed by atoms with Crippen molar-refractivity contribution in [3.05, 3.63) is 136 Å². The number of nitrogens with zero attached hydrogens (tertiary/aromatic N) is 3. The number of benzene rings is 2. The summed E-state index contributed by atoms with van der Waals surface area (Å²) in [4.78, 5) is 25.1. The highest BCUT2D eigenvalue weighted by Crippen LogP contribution is 2.19. The molecule has 0 fully saturated rings. The number of hydrogen-bond donors (Lipinski definition) is 1. The third kappa shape index (κ3) is 17.4. The van der Waals surface area contributed by atoms with Gasteiger partial charge in [0.15, 0.2) is 0 Å². The monoisotopic (exact) mass is 793 g/mol. The van der Waals surface area contributed by atoms with Gasteiger partial charge in [0.25, 0.3) is 0 Å². The van der Waals surface area contributed by atoms with Gasteiger partial charge >= 0.3 is 5.97 Å². The van der Waals surface area contributed by atoms with Gasteiger partial charge in [-0.15, -0.1) is 0 Å². The Hall–Kier alpha value is -5.01. The summed E-state index contributed by atoms with van der Waals surface area (Å²) in [6.45, 7) is 15.8. The molecule has 0 unspecified atom stereocenters. The van der Waals surface area contributed by atoms with Crippen LogP contribution in [0, 0.1) is 23.7 Å². The molecule has 0 aliphatic rings. The van der Waals surface area contributed by atoms with Crippen LogP contribution in [0.2, 0.25) is 0 Å². The molecular formula is C53H68N4O2. The summed E-state index contributed by atoms with van der Waals surface area (Å²) in [5.74, 6) is 12.7. The fraction of sp³-hybridized carbons (Fsp3) is 0.453. The number of carbonyl (C=O) groups excluding carboxylic acids is 1. The van der Waals surface area contributed by atoms with Crippen LogP contribution < -0.4 is 5.73 Å². The van der Waals surface area contributed by atoms with E-state index in [9.17, 15) is 4.79 Å². The first-order chi connectivity index (χ1) is 28.8. The molecule has 0 atom stereocenters. The lowest BCUT2D eigenvalue weighted by atomic mass is 10.0. The summed E-state index contributed by atoms with van der Waals surface area (Å²) in [5, 5.41) is 0. The number of unbranched alkanes of at least 4 members (excludes halogenated alkanes) is 10. The van der Waals surface area contributed by atoms with E-state index in [0.717, 1.165) is 65.1 Å². The molecule has 0 bridgehead atoms. The van der Waals surface area contributed by atoms with E-state index in [2.05, 4.69) is 111 Å². The van der Waals surface area contributed by atoms with E-state index in [4.69, 9.17) is 20.4 Å². The topological polar surface area (TPSA) is 81.3 Å². The predicted molar refractivity (Wildman–Crippen MR) is 246 cm³/mol. The quantitative estimate of drug-likeness (QED) is 0.0432. The van der Waals surface area contributed by atoms with Crippen LogP contribution in [0.25, 0.3) is 5.57 Å². The average molecular weight is 793 g/mol. The van der Waals surface area contributed by atoms with Gasteiger partial charge in [0.2, 0.25) is 0 Å². The molecule has 6 nitrogen and oxygen atoms in total. The van der Waals surface area contributed by atoms with Crippen molar-refractivity contribution >= 4 is 11.5 Å². The molecule has 0 spiro atoms. The van der Waals surface area contributed by atoms with Crippen LogP contribution in [0.5, 0.6) is 0 Å². The van der Waals surface area contributed by atoms with Crippen molar-refractivity contribution in [2.45, 2.75) is 137 Å². The highest BCUT2D eigenvalue weighted by Gasteiger charge is 2.14. The lowest BCUT2D eigenvalue weighted by molar-refractivity contribution is 0.0506. The van der Waals surface area contributed by atoms with Gasteiger partial charge in [-0.25, -0.2) is 9.78 Å². The van der Waals surface area contributed by atoms with E-state index >= 15 is 0 Å². The van der Waals surface area contributed by atoms with E-state index in [1.165, 1.54) is 88.2 Å². The van der Waals surface area contributed by atoms with Crippen molar-refractivity contribution in [3.8, 4) is 23.7 Å². The number of pyridine rings is 2. The molecule has 59 heavy (non-hydrogen) atoms. The van der Waals surface area contributed by atoms with Gasteiger partial charge in [0.1, 0.15) is 5.69 Å². The maximum atomic E-state index is 13.4. The Balaban J connectivity index is 1.37. The van der Waals surface area contributed by atoms with Gasteiger partial charge in [0.05, 0.1) is 23.7 Å². The van der Waals surface area contributed by atoms with Crippen molar-refractivity contribution in [1.82, 2.24) is 14.9 Å². The molecule has 2 aromatic heterocycles. The Morgan fingerprint density at radius 2 is 1.07 bits per heavy atom. The SMILES string of the molecule is C=C(CCOC(=O)c1cc(C#Cc2ccc(CCCCCCCC)cc2)cc(CN(CC)CC)n1)c1cc(C#Cc2ccc(CCCCCCCC)cc2)cc(CN)n1. The molecule has 0 aliphatic carbocycles. The second-order valence-corrected chi connectivity index (χ2v) is 15.5. The number of rotatable bonds is 24. The van der Waals surface area contributed by atoms with Crippen molar-refractivity contribution in [3.63, 3.8) is 0 Å². The second-order valence-electron chi connectivity index (χ2n) is 15.5. The Morgan fingerprint density at radius 3 is 1.58 bits per heavy atom. The maximum Gasteiger partial charge on any atom is 0.356 e. The zero-order valence-electron chi connectivity index (χ0n) is 36.5. The first-order valence-electron chi connectivity index (χ1n) is 22.4. The first kappa shape index (κ1) is 46.7. The fourth-order valence-corrected chi connectivity index (χ4v) is 6.95. The number of ether oxygens (including phenoxy) is 1. The Kier molecular flexibility index (Phi) is 21.3. The number of aromatic nitrogens is 2. The minimum Gasteiger partial charge on any atom is -0.461 e. The van der Waals surface area contributed by atoms with E-state index < -0.39 is 5.97 Å². The van der Waals surface area contributed by atoms with Crippen molar-refractivity contribution < 1.29 is 9.53 Å². The normalized spacial score (nSPS) is 10.8. The van der Waals surface area contributed by atoms with Gasteiger partial charge in [-0.05, 0) is 104 Å². The van der Waals surface area contributed by atoms with Crippen LogP contribution in [0.1, 0.15) is 172 Å². The van der Waals surface area contributed by atoms with Gasteiger partial charge in [-0.1, -0.05) is 146 Å². The lowest BCUT2D eigenvalue weighted by Gasteiger charge is -2.18. The molecule has 0 aliphatic heterocycles. The Labute approximate surface area is 356 Å². The van der Waals surface area contributed by atoms with Gasteiger partial charge in [-0.3, -0.25) is 9.88 Å². The zero-order chi connectivity index (χ0) is 42.1. The molecule has 6 heteroatoms. The molecule has 4 aromatic rings. The first-order valence-corrected chi connectivity index (χ1v) is 22.4. The maximum absolute atomic E-state index is 13.4. The minimum absolute atomic E-state index is 0.131. The summed E-state index contributed by atoms with van der Waals surface area (Å²) in [6.07, 6.45) is 18.2. The molecule has 0 saturated carbocycles. The molecule has 312 valence electrons. The van der Waals surface area contributed by atoms with Crippen molar-refractivity contribution in [1.29, 1.82) is 0 Å². The number of hydrogen-bond acceptors (Lipinski definition) is 6. The van der Waals surface area contributed by atoms with Crippen LogP contribution in [-0.2, 0) is 30.7 Å². The second kappa shape index (κ2) is 26.9. The summed E-state index contributed by atoms with van der Waals surface area (Å²) in [7, 11) is 0. The predicted octanol–water partition coefficient (Wildman–Crippen LogP) is 11.6. The van der Waals surface area contributed by atoms with Crippen LogP contribution in [0.3, 0.4) is 0 Å². The van der Waals surface area contributed by atoms with E-state index in [-0.39, 0.29) is 18.8 Å². The standard InChI is InChI=1S/C53H68N4O2/c1-6-10-12-14-16-18-20-43-22-26-45(27-23-43)30-32-47-36-49(40-54)55-51(38-47)42(5)34-35-59-53(58)52-39-48(37-50(56-52)41-57(8-3)9-4)33-31-46-28-24-44(25-29-46)21-19-17-15-13-11-7-2/h22-29,36-39H,5-21,34-35,40-41,54H2,1-4H3. The smallest absolute Gasteiger partial charge is 0.356 e. The molecule has 0 amide bonds. The summed E-state index contributed by atoms with van der Waals surface area (Å²) >= 11 is 0. The number of carbonyl (C=O) groups is 1. The molecule has 2 aromatic carbocycles. The van der Waals surface area contributed by atoms with E-state index in [0.29, 0.717) is 18.7 Å². The molecule has 4 rings (SSSR count). The van der Waals surface area contributed by atoms with Gasteiger partial charge in [0, 0.05) is 41.8 Å². The van der Waals surface area contributed by atoms with Crippen LogP contribution in [-0.4, -0.2) is 40.5 Å². The van der Waals surface area contributed by atoms with E-state index in [1.54, 1.807) is 6.07 Å². The molecule has 0 saturated heterocycles. The summed E-state index contributed by atoms with van der Waals surface area (Å²) in [6, 6.07) is 24.6. The summed E-state index contributed by atoms with van der Waals surface area (Å²) < 4.78 is 5.77. The minimum atomic E-state index is -0.491. The number of esters is 1.